The molecule has 97 heavy (non-hydrogen) atoms. The summed E-state index contributed by atoms with van der Waals surface area (Å²) >= 11 is 0. The van der Waals surface area contributed by atoms with Gasteiger partial charge >= 0.3 is 5.51 Å². The molecular formula is C49H48B4F3N33O6PdS-6. The number of alkyl halides is 3. The Hall–Kier alpha value is -12.8. The van der Waals surface area contributed by atoms with E-state index in [-0.39, 0.29) is 20.4 Å². The van der Waals surface area contributed by atoms with Crippen LogP contribution < -0.4 is 89.5 Å². The first-order valence-corrected chi connectivity index (χ1v) is 29.5. The molecule has 0 spiro atoms. The van der Waals surface area contributed by atoms with Crippen molar-refractivity contribution < 1.29 is 51.7 Å². The summed E-state index contributed by atoms with van der Waals surface area (Å²) in [6, 6.07) is 31.2. The van der Waals surface area contributed by atoms with Crippen molar-refractivity contribution in [2.24, 2.45) is 0 Å². The largest absolute Gasteiger partial charge is 0.741 e. The number of nitrogens with zero attached hydrogens (tertiary/aromatic N) is 17. The maximum atomic E-state index is 10.7. The van der Waals surface area contributed by atoms with Crippen molar-refractivity contribution in [1.82, 2.24) is 163 Å². The van der Waals surface area contributed by atoms with E-state index in [1.54, 1.807) is 99.1 Å². The van der Waals surface area contributed by atoms with Gasteiger partial charge < -0.3 is 101 Å². The third-order valence-electron chi connectivity index (χ3n) is 16.1. The first-order chi connectivity index (χ1) is 46.7. The zero-order chi connectivity index (χ0) is 67.1. The van der Waals surface area contributed by atoms with Gasteiger partial charge in [-0.25, -0.2) is 8.42 Å². The van der Waals surface area contributed by atoms with Gasteiger partial charge in [0.15, 0.2) is 34.7 Å². The molecule has 0 aromatic carbocycles. The van der Waals surface area contributed by atoms with Gasteiger partial charge in [-0.05, 0) is 0 Å². The molecular weight excluding hydrogens is 1390 g/mol. The maximum Gasteiger partial charge on any atom is 0.485 e. The van der Waals surface area contributed by atoms with Gasteiger partial charge in [-0.15, -0.1) is 89.5 Å². The quantitative estimate of drug-likeness (QED) is 0.0140. The van der Waals surface area contributed by atoms with Crippen LogP contribution >= 0.6 is 0 Å². The van der Waals surface area contributed by atoms with Crippen LogP contribution in [0.5, 0.6) is 0 Å². The predicted octanol–water partition coefficient (Wildman–Crippen LogP) is -8.36. The third kappa shape index (κ3) is 13.1. The number of hydrogen-bond donors (Lipinski definition) is 16. The van der Waals surface area contributed by atoms with Crippen molar-refractivity contribution >= 4 is 124 Å². The minimum atomic E-state index is -6.09. The van der Waals surface area contributed by atoms with Crippen LogP contribution in [-0.4, -0.2) is 211 Å². The van der Waals surface area contributed by atoms with Crippen LogP contribution in [0.15, 0.2) is 196 Å². The summed E-state index contributed by atoms with van der Waals surface area (Å²) in [5, 5.41) is 130. The Labute approximate surface area is 553 Å². The second-order valence-corrected chi connectivity index (χ2v) is 22.2. The molecule has 16 rings (SSSR count). The second-order valence-electron chi connectivity index (χ2n) is 20.8. The van der Waals surface area contributed by atoms with Crippen LogP contribution in [0.3, 0.4) is 0 Å². The van der Waals surface area contributed by atoms with E-state index in [2.05, 4.69) is 163 Å². The Morgan fingerprint density at radius 2 is 0.340 bits per heavy atom. The first-order valence-electron chi connectivity index (χ1n) is 28.1. The average molecular weight is 1430 g/mol. The van der Waals surface area contributed by atoms with E-state index in [4.69, 9.17) is 28.3 Å². The molecule has 0 fully saturated rings. The van der Waals surface area contributed by atoms with Crippen LogP contribution in [0.1, 0.15) is 0 Å². The van der Waals surface area contributed by atoms with E-state index in [9.17, 15) is 13.2 Å². The number of halogens is 3. The van der Waals surface area contributed by atoms with Crippen molar-refractivity contribution in [2.75, 3.05) is 0 Å². The Kier molecular flexibility index (Phi) is 20.3. The fourth-order valence-electron chi connectivity index (χ4n) is 12.1. The summed E-state index contributed by atoms with van der Waals surface area (Å²) in [4.78, 5) is 8.25. The Morgan fingerprint density at radius 3 is 0.381 bits per heavy atom. The van der Waals surface area contributed by atoms with Gasteiger partial charge in [0.25, 0.3) is 0 Å². The van der Waals surface area contributed by atoms with E-state index >= 15 is 0 Å². The number of nitrogens with one attached hydrogen (secondary N) is 16. The smallest absolute Gasteiger partial charge is 0.485 e. The minimum Gasteiger partial charge on any atom is -0.741 e. The molecule has 16 aromatic rings. The van der Waals surface area contributed by atoms with Crippen LogP contribution in [0, 0.1) is 15.3 Å². The fourth-order valence-corrected chi connectivity index (χ4v) is 12.1. The zero-order valence-electron chi connectivity index (χ0n) is 49.2. The Balaban J connectivity index is 0.000000132. The molecule has 0 atom stereocenters. The van der Waals surface area contributed by atoms with E-state index in [0.29, 0.717) is 0 Å². The zero-order valence-corrected chi connectivity index (χ0v) is 51.6. The third-order valence-corrected chi connectivity index (χ3v) is 16.7. The normalized spacial score (nSPS) is 11.6. The molecule has 16 heterocycles. The summed E-state index contributed by atoms with van der Waals surface area (Å²) in [5.74, 6) is 0. The van der Waals surface area contributed by atoms with Crippen LogP contribution in [0.4, 0.5) is 13.2 Å². The molecule has 0 aliphatic rings. The van der Waals surface area contributed by atoms with Crippen LogP contribution in [0.25, 0.3) is 0 Å². The van der Waals surface area contributed by atoms with Crippen molar-refractivity contribution in [2.45, 2.75) is 5.51 Å². The summed E-state index contributed by atoms with van der Waals surface area (Å²) in [6.45, 7) is 0. The molecule has 48 heteroatoms. The molecule has 0 aliphatic heterocycles. The van der Waals surface area contributed by atoms with Crippen molar-refractivity contribution in [3.63, 3.8) is 0 Å². The van der Waals surface area contributed by atoms with E-state index in [1.165, 1.54) is 0 Å². The molecule has 0 bridgehead atoms. The summed E-state index contributed by atoms with van der Waals surface area (Å²) in [7, 11) is -6.09. The minimum absolute atomic E-state index is 0. The van der Waals surface area contributed by atoms with E-state index in [0.717, 1.165) is 89.5 Å². The molecule has 0 saturated heterocycles. The van der Waals surface area contributed by atoms with Gasteiger partial charge in [0.1, 0.15) is 0 Å². The van der Waals surface area contributed by atoms with E-state index in [1.807, 2.05) is 97.1 Å². The van der Waals surface area contributed by atoms with Crippen molar-refractivity contribution in [1.29, 1.82) is 0 Å². The Morgan fingerprint density at radius 1 is 0.268 bits per heavy atom. The first kappa shape index (κ1) is 67.1. The fraction of sp³-hybridized carbons (Fsp3) is 0.0204. The van der Waals surface area contributed by atoms with Gasteiger partial charge in [-0.1, -0.05) is 97.1 Å². The van der Waals surface area contributed by atoms with Crippen molar-refractivity contribution in [3.8, 4) is 0 Å². The number of aromatic amines is 16. The molecule has 0 amide bonds. The van der Waals surface area contributed by atoms with Crippen LogP contribution in [-0.2, 0) is 30.5 Å². The predicted molar refractivity (Wildman–Crippen MR) is 341 cm³/mol. The Bertz CT molecular complexity index is 3680. The standard InChI is InChI=1S/4C12H12BN8.CHF3O3S.NO3.Pd/c4*1-5-14-18-9(1)13(10-2-6-15-19-10,11-3-7-16-20-11)12-4-8-17-21-12;2-1(3,4)8(5,6)7;2-1(3)4;/h4*1-8H,(H,14,18)(H,15,19)(H,16,20)(H,17,21);(H,5,6,7);;/q4*-1;;-1;/p-1. The molecule has 16 N–H and O–H groups in total. The molecule has 39 nitrogen and oxygen atoms in total. The van der Waals surface area contributed by atoms with Gasteiger partial charge in [0.05, 0.1) is 5.09 Å². The molecule has 500 valence electrons. The average Bonchev–Trinajstić information content (AvgIpc) is 1.68. The summed E-state index contributed by atoms with van der Waals surface area (Å²) in [5.41, 5.74) is 9.36. The number of rotatable bonds is 16. The number of aromatic nitrogens is 32. The maximum absolute atomic E-state index is 10.7. The van der Waals surface area contributed by atoms with Gasteiger partial charge in [-0.3, -0.25) is 0 Å². The van der Waals surface area contributed by atoms with E-state index < -0.39 is 45.3 Å². The summed E-state index contributed by atoms with van der Waals surface area (Å²) in [6.07, 6.45) is 21.6. The molecule has 16 aromatic heterocycles. The summed E-state index contributed by atoms with van der Waals surface area (Å²) < 4.78 is 58.9. The SMILES string of the molecule is O=S(=O)([O-])C(F)(F)F.O=[N+]([O-])[O-].[Pd].c1cc([B-](c2ccn[nH]2)(c2ccn[nH]2)c2ccn[nH]2)[nH]n1.c1cc([B-](c2ccn[nH]2)(c2ccn[nH]2)c2ccn[nH]2)[nH]n1.c1cc([B-](c2ccn[nH]2)(c2ccn[nH]2)c2ccn[nH]2)[nH]n1.c1cc([B-](c2ccn[nH]2)(c2ccn[nH]2)c2ccn[nH]2)[nH]n1. The monoisotopic (exact) mass is 1430 g/mol. The number of hydrogen-bond acceptors (Lipinski definition) is 22. The van der Waals surface area contributed by atoms with Gasteiger partial charge in [0.2, 0.25) is 0 Å². The molecule has 0 aliphatic carbocycles. The molecule has 0 radical (unpaired) electrons. The van der Waals surface area contributed by atoms with Crippen LogP contribution in [0.2, 0.25) is 0 Å². The number of H-pyrrole nitrogens is 16. The van der Waals surface area contributed by atoms with Crippen molar-refractivity contribution in [3.05, 3.63) is 212 Å². The van der Waals surface area contributed by atoms with Gasteiger partial charge in [-0.2, -0.15) is 94.8 Å². The molecule has 0 unspecified atom stereocenters. The second kappa shape index (κ2) is 29.4. The topological polar surface area (TPSA) is 582 Å². The van der Waals surface area contributed by atoms with Gasteiger partial charge in [0, 0.05) is 120 Å². The molecule has 0 saturated carbocycles.